The molecule has 1 fully saturated rings. The van der Waals surface area contributed by atoms with E-state index in [1.807, 2.05) is 0 Å². The Hall–Kier alpha value is -2.95. The minimum Gasteiger partial charge on any atom is -0.490 e. The van der Waals surface area contributed by atoms with Crippen LogP contribution in [-0.2, 0) is 10.3 Å². The summed E-state index contributed by atoms with van der Waals surface area (Å²) < 4.78 is 28.4. The van der Waals surface area contributed by atoms with Gasteiger partial charge in [-0.25, -0.2) is 14.4 Å². The monoisotopic (exact) mass is 505 g/mol. The molecule has 9 nitrogen and oxygen atoms in total. The first-order valence-corrected chi connectivity index (χ1v) is 11.8. The summed E-state index contributed by atoms with van der Waals surface area (Å²) in [5.74, 6) is -1.35. The summed E-state index contributed by atoms with van der Waals surface area (Å²) in [4.78, 5) is 21.8. The minimum atomic E-state index is -1.85. The van der Waals surface area contributed by atoms with Crippen molar-refractivity contribution in [2.24, 2.45) is 0 Å². The Morgan fingerprint density at radius 3 is 2.91 bits per heavy atom. The lowest BCUT2D eigenvalue weighted by molar-refractivity contribution is 0.0816. The Balaban J connectivity index is 1.87. The molecule has 0 unspecified atom stereocenters. The van der Waals surface area contributed by atoms with Gasteiger partial charge in [-0.3, -0.25) is 9.20 Å². The number of imidazole rings is 1. The largest absolute Gasteiger partial charge is 0.490 e. The molecule has 11 heteroatoms. The average Bonchev–Trinajstić information content (AvgIpc) is 3.43. The molecule has 4 rings (SSSR count). The Morgan fingerprint density at radius 1 is 1.51 bits per heavy atom. The van der Waals surface area contributed by atoms with Gasteiger partial charge in [-0.15, -0.1) is 0 Å². The maximum absolute atomic E-state index is 15.3. The molecule has 188 valence electrons. The number of fused-ring (bicyclic) bond motifs is 1. The molecule has 1 amide bonds. The summed E-state index contributed by atoms with van der Waals surface area (Å²) in [6.45, 7) is 7.52. The number of aliphatic hydroxyl groups is 1. The predicted octanol–water partition coefficient (Wildman–Crippen LogP) is 3.36. The maximum Gasteiger partial charge on any atom is 0.258 e. The average molecular weight is 506 g/mol. The Bertz CT molecular complexity index is 1270. The molecule has 2 atom stereocenters. The molecule has 4 N–H and O–H groups in total. The van der Waals surface area contributed by atoms with E-state index in [1.54, 1.807) is 31.4 Å². The molecule has 0 spiro atoms. The van der Waals surface area contributed by atoms with Crippen molar-refractivity contribution in [2.45, 2.75) is 58.3 Å². The van der Waals surface area contributed by atoms with Gasteiger partial charge in [0.2, 0.25) is 0 Å². The number of aryl methyl sites for hydroxylation is 1. The first kappa shape index (κ1) is 25.2. The van der Waals surface area contributed by atoms with Gasteiger partial charge in [0, 0.05) is 31.1 Å². The molecule has 1 aromatic carbocycles. The van der Waals surface area contributed by atoms with Crippen LogP contribution in [-0.4, -0.2) is 50.7 Å². The number of halogens is 2. The fourth-order valence-corrected chi connectivity index (χ4v) is 4.54. The molecule has 3 aromatic rings. The molecule has 35 heavy (non-hydrogen) atoms. The highest BCUT2D eigenvalue weighted by Crippen LogP contribution is 2.42. The van der Waals surface area contributed by atoms with Gasteiger partial charge in [0.25, 0.3) is 5.91 Å². The molecule has 0 aliphatic carbocycles. The van der Waals surface area contributed by atoms with Crippen LogP contribution in [0.5, 0.6) is 5.75 Å². The zero-order chi connectivity index (χ0) is 25.5. The maximum atomic E-state index is 15.3. The molecule has 0 saturated carbocycles. The SMILES string of the molecule is Cc1nc([C@@](C)(O)c2cc(Cl)c(F)c(C(=O)NC[C@H]3CCCO3)c2OC(C)C)n2ccnc(N)c12. The van der Waals surface area contributed by atoms with Crippen LogP contribution in [0.4, 0.5) is 10.2 Å². The molecular weight excluding hydrogens is 477 g/mol. The van der Waals surface area contributed by atoms with Crippen LogP contribution in [0.1, 0.15) is 61.1 Å². The van der Waals surface area contributed by atoms with E-state index in [1.165, 1.54) is 19.2 Å². The van der Waals surface area contributed by atoms with E-state index in [0.717, 1.165) is 12.8 Å². The first-order valence-electron chi connectivity index (χ1n) is 11.4. The molecule has 2 aromatic heterocycles. The number of carbonyl (C=O) groups is 1. The van der Waals surface area contributed by atoms with E-state index in [0.29, 0.717) is 17.8 Å². The number of hydrogen-bond acceptors (Lipinski definition) is 7. The summed E-state index contributed by atoms with van der Waals surface area (Å²) in [7, 11) is 0. The summed E-state index contributed by atoms with van der Waals surface area (Å²) in [6.07, 6.45) is 4.22. The second-order valence-electron chi connectivity index (χ2n) is 9.06. The van der Waals surface area contributed by atoms with E-state index in [4.69, 9.17) is 26.8 Å². The number of anilines is 1. The molecule has 0 bridgehead atoms. The van der Waals surface area contributed by atoms with Crippen molar-refractivity contribution in [3.63, 3.8) is 0 Å². The normalized spacial score (nSPS) is 17.7. The minimum absolute atomic E-state index is 0.0853. The highest BCUT2D eigenvalue weighted by Gasteiger charge is 2.39. The van der Waals surface area contributed by atoms with Crippen LogP contribution in [0.2, 0.25) is 5.02 Å². The zero-order valence-corrected chi connectivity index (χ0v) is 20.8. The number of aromatic nitrogens is 3. The van der Waals surface area contributed by atoms with Crippen molar-refractivity contribution < 1.29 is 23.8 Å². The highest BCUT2D eigenvalue weighted by atomic mass is 35.5. The topological polar surface area (TPSA) is 124 Å². The van der Waals surface area contributed by atoms with Crippen molar-refractivity contribution in [1.82, 2.24) is 19.7 Å². The zero-order valence-electron chi connectivity index (χ0n) is 20.1. The van der Waals surface area contributed by atoms with Crippen LogP contribution in [0.3, 0.4) is 0 Å². The van der Waals surface area contributed by atoms with Crippen LogP contribution >= 0.6 is 11.6 Å². The number of nitrogens with two attached hydrogens (primary N) is 1. The van der Waals surface area contributed by atoms with Gasteiger partial charge in [0.1, 0.15) is 34.1 Å². The smallest absolute Gasteiger partial charge is 0.258 e. The number of benzene rings is 1. The van der Waals surface area contributed by atoms with E-state index >= 15 is 4.39 Å². The van der Waals surface area contributed by atoms with E-state index < -0.39 is 29.0 Å². The molecule has 1 aliphatic heterocycles. The quantitative estimate of drug-likeness (QED) is 0.449. The van der Waals surface area contributed by atoms with Crippen molar-refractivity contribution >= 4 is 28.8 Å². The Morgan fingerprint density at radius 2 is 2.26 bits per heavy atom. The number of ether oxygens (including phenoxy) is 2. The van der Waals surface area contributed by atoms with E-state index in [9.17, 15) is 9.90 Å². The number of carbonyl (C=O) groups excluding carboxylic acids is 1. The first-order chi connectivity index (χ1) is 16.5. The fraction of sp³-hybridized carbons (Fsp3) is 0.458. The lowest BCUT2D eigenvalue weighted by atomic mass is 9.91. The van der Waals surface area contributed by atoms with Crippen LogP contribution in [0, 0.1) is 12.7 Å². The van der Waals surface area contributed by atoms with E-state index in [2.05, 4.69) is 15.3 Å². The van der Waals surface area contributed by atoms with Gasteiger partial charge in [-0.05, 0) is 46.6 Å². The summed E-state index contributed by atoms with van der Waals surface area (Å²) in [5.41, 5.74) is 4.94. The standard InChI is InChI=1S/C24H29ClFN5O4/c1-12(2)35-20-15(24(4,33)23-30-13(3)19-21(27)28-7-8-31(19)23)10-16(25)18(26)17(20)22(32)29-11-14-6-5-9-34-14/h7-8,10,12,14,33H,5-6,9,11H2,1-4H3,(H2,27,28)(H,29,32)/t14-,24+/m1/s1. The van der Waals surface area contributed by atoms with Gasteiger partial charge in [0.05, 0.1) is 22.9 Å². The summed E-state index contributed by atoms with van der Waals surface area (Å²) in [5, 5.41) is 14.2. The van der Waals surface area contributed by atoms with Crippen molar-refractivity contribution in [3.05, 3.63) is 51.9 Å². The fourth-order valence-electron chi connectivity index (χ4n) is 4.34. The van der Waals surface area contributed by atoms with Crippen LogP contribution in [0.15, 0.2) is 18.5 Å². The third-order valence-electron chi connectivity index (χ3n) is 5.98. The summed E-state index contributed by atoms with van der Waals surface area (Å²) >= 11 is 6.24. The summed E-state index contributed by atoms with van der Waals surface area (Å²) in [6, 6.07) is 1.26. The molecular formula is C24H29ClFN5O4. The Labute approximate surface area is 207 Å². The van der Waals surface area contributed by atoms with Crippen molar-refractivity contribution in [2.75, 3.05) is 18.9 Å². The number of nitrogen functional groups attached to an aromatic ring is 1. The molecule has 1 saturated heterocycles. The third-order valence-corrected chi connectivity index (χ3v) is 6.26. The molecule has 1 aliphatic rings. The van der Waals surface area contributed by atoms with Crippen LogP contribution < -0.4 is 15.8 Å². The number of hydrogen-bond donors (Lipinski definition) is 3. The van der Waals surface area contributed by atoms with Gasteiger partial charge >= 0.3 is 0 Å². The van der Waals surface area contributed by atoms with Crippen LogP contribution in [0.25, 0.3) is 5.52 Å². The molecule has 0 radical (unpaired) electrons. The van der Waals surface area contributed by atoms with Gasteiger partial charge in [-0.2, -0.15) is 0 Å². The van der Waals surface area contributed by atoms with Gasteiger partial charge < -0.3 is 25.6 Å². The molecule has 3 heterocycles. The predicted molar refractivity (Wildman–Crippen MR) is 129 cm³/mol. The lowest BCUT2D eigenvalue weighted by Gasteiger charge is -2.28. The van der Waals surface area contributed by atoms with Gasteiger partial charge in [0.15, 0.2) is 5.82 Å². The van der Waals surface area contributed by atoms with Gasteiger partial charge in [-0.1, -0.05) is 11.6 Å². The number of rotatable bonds is 7. The lowest BCUT2D eigenvalue weighted by Crippen LogP contribution is -2.34. The van der Waals surface area contributed by atoms with Crippen molar-refractivity contribution in [3.8, 4) is 5.75 Å². The number of nitrogens with zero attached hydrogens (tertiary/aromatic N) is 3. The number of nitrogens with one attached hydrogen (secondary N) is 1. The van der Waals surface area contributed by atoms with E-state index in [-0.39, 0.29) is 40.6 Å². The second kappa shape index (κ2) is 9.60. The third kappa shape index (κ3) is 4.65. The highest BCUT2D eigenvalue weighted by molar-refractivity contribution is 6.31. The number of amides is 1. The Kier molecular flexibility index (Phi) is 6.90. The second-order valence-corrected chi connectivity index (χ2v) is 9.47. The van der Waals surface area contributed by atoms with Crippen molar-refractivity contribution in [1.29, 1.82) is 0 Å².